The number of carbonyl (C=O) groups is 2. The van der Waals surface area contributed by atoms with Crippen LogP contribution in [0.3, 0.4) is 0 Å². The number of amides is 1. The molecule has 0 atom stereocenters. The highest BCUT2D eigenvalue weighted by atomic mass is 32.1. The lowest BCUT2D eigenvalue weighted by atomic mass is 10.1. The van der Waals surface area contributed by atoms with E-state index >= 15 is 0 Å². The molecular weight excluding hydrogens is 292 g/mol. The van der Waals surface area contributed by atoms with E-state index in [1.807, 2.05) is 25.1 Å². The summed E-state index contributed by atoms with van der Waals surface area (Å²) in [6.07, 6.45) is 0.765. The Hall–Kier alpha value is -2.15. The van der Waals surface area contributed by atoms with Crippen molar-refractivity contribution < 1.29 is 19.4 Å². The molecule has 1 aromatic carbocycles. The zero-order chi connectivity index (χ0) is 15.0. The fourth-order valence-corrected chi connectivity index (χ4v) is 2.98. The molecule has 1 fully saturated rings. The van der Waals surface area contributed by atoms with E-state index in [1.165, 1.54) is 11.3 Å². The van der Waals surface area contributed by atoms with Crippen molar-refractivity contribution in [3.05, 3.63) is 18.2 Å². The van der Waals surface area contributed by atoms with Crippen LogP contribution >= 0.6 is 11.3 Å². The maximum Gasteiger partial charge on any atom is 0.319 e. The minimum Gasteiger partial charge on any atom is -0.494 e. The van der Waals surface area contributed by atoms with Crippen LogP contribution in [-0.4, -0.2) is 28.6 Å². The number of nitrogens with zero attached hydrogens (tertiary/aromatic N) is 1. The zero-order valence-corrected chi connectivity index (χ0v) is 12.2. The molecule has 1 aliphatic rings. The van der Waals surface area contributed by atoms with Crippen LogP contribution in [0, 0.1) is 5.41 Å². The monoisotopic (exact) mass is 306 g/mol. The van der Waals surface area contributed by atoms with Gasteiger partial charge in [0, 0.05) is 0 Å². The SMILES string of the molecule is CCOc1ccc2nc(NC(=O)C3(C(=O)O)CC3)sc2c1. The molecule has 1 aliphatic carbocycles. The molecule has 1 amide bonds. The van der Waals surface area contributed by atoms with Gasteiger partial charge in [0.15, 0.2) is 5.13 Å². The van der Waals surface area contributed by atoms with Gasteiger partial charge in [-0.2, -0.15) is 0 Å². The maximum absolute atomic E-state index is 12.0. The topological polar surface area (TPSA) is 88.5 Å². The van der Waals surface area contributed by atoms with Gasteiger partial charge in [0.05, 0.1) is 16.8 Å². The molecule has 0 saturated heterocycles. The fraction of sp³-hybridized carbons (Fsp3) is 0.357. The van der Waals surface area contributed by atoms with Crippen LogP contribution in [0.4, 0.5) is 5.13 Å². The number of hydrogen-bond donors (Lipinski definition) is 2. The standard InChI is InChI=1S/C14H14N2O4S/c1-2-20-8-3-4-9-10(7-8)21-13(15-9)16-11(17)14(5-6-14)12(18)19/h3-4,7H,2,5-6H2,1H3,(H,18,19)(H,15,16,17). The van der Waals surface area contributed by atoms with E-state index in [9.17, 15) is 9.59 Å². The Balaban J connectivity index is 1.81. The van der Waals surface area contributed by atoms with Crippen molar-refractivity contribution >= 4 is 38.6 Å². The number of carboxylic acids is 1. The first-order valence-corrected chi connectivity index (χ1v) is 7.45. The third-order valence-corrected chi connectivity index (χ3v) is 4.42. The summed E-state index contributed by atoms with van der Waals surface area (Å²) in [6.45, 7) is 2.48. The number of ether oxygens (including phenoxy) is 1. The summed E-state index contributed by atoms with van der Waals surface area (Å²) in [5.41, 5.74) is -0.507. The van der Waals surface area contributed by atoms with Crippen molar-refractivity contribution in [1.29, 1.82) is 0 Å². The molecule has 1 saturated carbocycles. The summed E-state index contributed by atoms with van der Waals surface area (Å²) >= 11 is 1.31. The van der Waals surface area contributed by atoms with Crippen molar-refractivity contribution in [1.82, 2.24) is 4.98 Å². The number of aromatic nitrogens is 1. The number of hydrogen-bond acceptors (Lipinski definition) is 5. The Bertz CT molecular complexity index is 721. The summed E-state index contributed by atoms with van der Waals surface area (Å²) in [6, 6.07) is 5.49. The smallest absolute Gasteiger partial charge is 0.319 e. The Morgan fingerprint density at radius 1 is 1.48 bits per heavy atom. The van der Waals surface area contributed by atoms with Gasteiger partial charge in [0.1, 0.15) is 11.2 Å². The van der Waals surface area contributed by atoms with Gasteiger partial charge in [0.2, 0.25) is 5.91 Å². The second-order valence-corrected chi connectivity index (χ2v) is 5.95. The number of rotatable bonds is 5. The fourth-order valence-electron chi connectivity index (χ4n) is 2.09. The zero-order valence-electron chi connectivity index (χ0n) is 11.4. The first kappa shape index (κ1) is 13.8. The molecule has 0 radical (unpaired) electrons. The third kappa shape index (κ3) is 2.44. The number of fused-ring (bicyclic) bond motifs is 1. The number of carbonyl (C=O) groups excluding carboxylic acids is 1. The molecule has 0 aliphatic heterocycles. The summed E-state index contributed by atoms with van der Waals surface area (Å²) in [7, 11) is 0. The number of aliphatic carboxylic acids is 1. The second kappa shape index (κ2) is 5.00. The van der Waals surface area contributed by atoms with Gasteiger partial charge < -0.3 is 15.2 Å². The number of nitrogens with one attached hydrogen (secondary N) is 1. The van der Waals surface area contributed by atoms with Crippen molar-refractivity contribution in [3.8, 4) is 5.75 Å². The Morgan fingerprint density at radius 2 is 2.24 bits per heavy atom. The summed E-state index contributed by atoms with van der Waals surface area (Å²) in [4.78, 5) is 27.4. The van der Waals surface area contributed by atoms with Crippen LogP contribution in [0.5, 0.6) is 5.75 Å². The van der Waals surface area contributed by atoms with Crippen LogP contribution in [0.1, 0.15) is 19.8 Å². The lowest BCUT2D eigenvalue weighted by molar-refractivity contribution is -0.147. The molecule has 0 bridgehead atoms. The molecule has 110 valence electrons. The highest BCUT2D eigenvalue weighted by Crippen LogP contribution is 2.47. The summed E-state index contributed by atoms with van der Waals surface area (Å²) in [5.74, 6) is -0.811. The van der Waals surface area contributed by atoms with E-state index in [1.54, 1.807) is 0 Å². The van der Waals surface area contributed by atoms with Crippen LogP contribution < -0.4 is 10.1 Å². The van der Waals surface area contributed by atoms with Crippen molar-refractivity contribution in [2.75, 3.05) is 11.9 Å². The van der Waals surface area contributed by atoms with Gasteiger partial charge in [0.25, 0.3) is 0 Å². The molecule has 2 N–H and O–H groups in total. The first-order valence-electron chi connectivity index (χ1n) is 6.63. The van der Waals surface area contributed by atoms with Crippen LogP contribution in [0.25, 0.3) is 10.2 Å². The van der Waals surface area contributed by atoms with Gasteiger partial charge in [-0.05, 0) is 38.0 Å². The lowest BCUT2D eigenvalue weighted by Gasteiger charge is -2.07. The molecule has 21 heavy (non-hydrogen) atoms. The lowest BCUT2D eigenvalue weighted by Crippen LogP contribution is -2.31. The Labute approximate surface area is 124 Å². The molecular formula is C14H14N2O4S. The molecule has 2 aromatic rings. The quantitative estimate of drug-likeness (QED) is 0.829. The van der Waals surface area contributed by atoms with E-state index in [2.05, 4.69) is 10.3 Å². The van der Waals surface area contributed by atoms with Gasteiger partial charge in [-0.1, -0.05) is 11.3 Å². The number of anilines is 1. The van der Waals surface area contributed by atoms with Crippen molar-refractivity contribution in [2.45, 2.75) is 19.8 Å². The van der Waals surface area contributed by atoms with Crippen LogP contribution in [0.2, 0.25) is 0 Å². The van der Waals surface area contributed by atoms with E-state index in [-0.39, 0.29) is 0 Å². The summed E-state index contributed by atoms with van der Waals surface area (Å²) in [5, 5.41) is 12.1. The van der Waals surface area contributed by atoms with Crippen molar-refractivity contribution in [3.63, 3.8) is 0 Å². The molecule has 6 nitrogen and oxygen atoms in total. The molecule has 1 aromatic heterocycles. The van der Waals surface area contributed by atoms with E-state index in [4.69, 9.17) is 9.84 Å². The highest BCUT2D eigenvalue weighted by molar-refractivity contribution is 7.22. The summed E-state index contributed by atoms with van der Waals surface area (Å²) < 4.78 is 6.30. The van der Waals surface area contributed by atoms with Crippen LogP contribution in [-0.2, 0) is 9.59 Å². The molecule has 1 heterocycles. The predicted octanol–water partition coefficient (Wildman–Crippen LogP) is 2.50. The van der Waals surface area contributed by atoms with Gasteiger partial charge >= 0.3 is 5.97 Å². The van der Waals surface area contributed by atoms with E-state index < -0.39 is 17.3 Å². The molecule has 7 heteroatoms. The normalized spacial score (nSPS) is 15.7. The third-order valence-electron chi connectivity index (χ3n) is 3.49. The Morgan fingerprint density at radius 3 is 2.86 bits per heavy atom. The van der Waals surface area contributed by atoms with E-state index in [0.717, 1.165) is 16.0 Å². The number of benzene rings is 1. The largest absolute Gasteiger partial charge is 0.494 e. The predicted molar refractivity (Wildman–Crippen MR) is 78.7 cm³/mol. The van der Waals surface area contributed by atoms with Gasteiger partial charge in [-0.15, -0.1) is 0 Å². The molecule has 0 unspecified atom stereocenters. The minimum atomic E-state index is -1.26. The van der Waals surface area contributed by atoms with Gasteiger partial charge in [-0.25, -0.2) is 4.98 Å². The molecule has 0 spiro atoms. The number of carboxylic acid groups (broad SMARTS) is 1. The van der Waals surface area contributed by atoms with Gasteiger partial charge in [-0.3, -0.25) is 9.59 Å². The van der Waals surface area contributed by atoms with Crippen molar-refractivity contribution in [2.24, 2.45) is 5.41 Å². The maximum atomic E-state index is 12.0. The average Bonchev–Trinajstić information content (AvgIpc) is 3.16. The Kier molecular flexibility index (Phi) is 3.29. The van der Waals surface area contributed by atoms with Crippen LogP contribution in [0.15, 0.2) is 18.2 Å². The second-order valence-electron chi connectivity index (χ2n) is 4.92. The molecule has 3 rings (SSSR count). The number of thiazole rings is 1. The first-order chi connectivity index (χ1) is 10.0. The van der Waals surface area contributed by atoms with E-state index in [0.29, 0.717) is 24.6 Å². The minimum absolute atomic E-state index is 0.382. The average molecular weight is 306 g/mol. The highest BCUT2D eigenvalue weighted by Gasteiger charge is 2.57.